The number of carbonyl (C=O) groups is 1. The number of hydrogen-bond donors (Lipinski definition) is 0. The van der Waals surface area contributed by atoms with Crippen LogP contribution in [-0.4, -0.2) is 51.8 Å². The first-order chi connectivity index (χ1) is 16.9. The van der Waals surface area contributed by atoms with Gasteiger partial charge in [-0.2, -0.15) is 18.3 Å². The van der Waals surface area contributed by atoms with Gasteiger partial charge in [-0.25, -0.2) is 4.98 Å². The summed E-state index contributed by atoms with van der Waals surface area (Å²) in [5.74, 6) is 0.368. The molecule has 1 aromatic carbocycles. The maximum absolute atomic E-state index is 13.5. The highest BCUT2D eigenvalue weighted by molar-refractivity contribution is 7.13. The minimum atomic E-state index is -4.41. The average molecular weight is 498 g/mol. The van der Waals surface area contributed by atoms with Gasteiger partial charge >= 0.3 is 6.18 Å². The van der Waals surface area contributed by atoms with Crippen molar-refractivity contribution in [3.63, 3.8) is 0 Å². The van der Waals surface area contributed by atoms with Crippen LogP contribution >= 0.6 is 11.3 Å². The number of pyridine rings is 1. The van der Waals surface area contributed by atoms with E-state index in [9.17, 15) is 18.0 Å². The van der Waals surface area contributed by atoms with E-state index in [0.29, 0.717) is 49.8 Å². The highest BCUT2D eigenvalue weighted by atomic mass is 32.1. The maximum atomic E-state index is 13.5. The molecule has 0 N–H and O–H groups in total. The highest BCUT2D eigenvalue weighted by Gasteiger charge is 2.31. The van der Waals surface area contributed by atoms with Gasteiger partial charge in [-0.1, -0.05) is 36.4 Å². The Bertz CT molecular complexity index is 1280. The van der Waals surface area contributed by atoms with Crippen LogP contribution in [0.15, 0.2) is 72.4 Å². The van der Waals surface area contributed by atoms with Crippen LogP contribution in [0.3, 0.4) is 0 Å². The number of thiophene rings is 1. The zero-order valence-electron chi connectivity index (χ0n) is 18.7. The number of carbonyl (C=O) groups excluding carboxylic acids is 1. The van der Waals surface area contributed by atoms with Crippen molar-refractivity contribution in [2.75, 3.05) is 31.1 Å². The van der Waals surface area contributed by atoms with Crippen molar-refractivity contribution in [1.82, 2.24) is 19.7 Å². The Labute approximate surface area is 204 Å². The van der Waals surface area contributed by atoms with Gasteiger partial charge in [0.15, 0.2) is 0 Å². The fourth-order valence-corrected chi connectivity index (χ4v) is 4.80. The Morgan fingerprint density at radius 3 is 2.37 bits per heavy atom. The molecule has 1 amide bonds. The van der Waals surface area contributed by atoms with Gasteiger partial charge in [0.2, 0.25) is 0 Å². The van der Waals surface area contributed by atoms with Gasteiger partial charge in [-0.05, 0) is 29.1 Å². The quantitative estimate of drug-likeness (QED) is 0.388. The van der Waals surface area contributed by atoms with Gasteiger partial charge in [0.05, 0.1) is 22.5 Å². The molecule has 0 unspecified atom stereocenters. The number of hydrogen-bond acceptors (Lipinski definition) is 5. The smallest absolute Gasteiger partial charge is 0.353 e. The lowest BCUT2D eigenvalue weighted by Gasteiger charge is -2.35. The van der Waals surface area contributed by atoms with Crippen LogP contribution < -0.4 is 4.90 Å². The van der Waals surface area contributed by atoms with E-state index in [1.54, 1.807) is 15.8 Å². The summed E-state index contributed by atoms with van der Waals surface area (Å²) in [4.78, 5) is 22.1. The molecule has 180 valence electrons. The second kappa shape index (κ2) is 9.53. The number of amides is 1. The second-order valence-electron chi connectivity index (χ2n) is 8.23. The summed E-state index contributed by atoms with van der Waals surface area (Å²) < 4.78 is 40.2. The van der Waals surface area contributed by atoms with E-state index < -0.39 is 11.7 Å². The number of rotatable bonds is 5. The third-order valence-electron chi connectivity index (χ3n) is 5.90. The molecule has 0 saturated carbocycles. The van der Waals surface area contributed by atoms with Gasteiger partial charge in [0.1, 0.15) is 11.5 Å². The monoisotopic (exact) mass is 497 g/mol. The number of benzene rings is 1. The van der Waals surface area contributed by atoms with Gasteiger partial charge in [0, 0.05) is 38.6 Å². The molecule has 4 heterocycles. The first-order valence-electron chi connectivity index (χ1n) is 11.1. The van der Waals surface area contributed by atoms with Gasteiger partial charge in [0.25, 0.3) is 5.91 Å². The van der Waals surface area contributed by atoms with E-state index in [4.69, 9.17) is 5.10 Å². The van der Waals surface area contributed by atoms with Crippen LogP contribution in [-0.2, 0) is 12.7 Å². The van der Waals surface area contributed by atoms with Crippen molar-refractivity contribution >= 4 is 23.1 Å². The number of nitrogens with zero attached hydrogens (tertiary/aromatic N) is 5. The highest BCUT2D eigenvalue weighted by Crippen LogP contribution is 2.30. The van der Waals surface area contributed by atoms with Crippen molar-refractivity contribution < 1.29 is 18.0 Å². The number of piperazine rings is 1. The molecule has 3 aromatic heterocycles. The summed E-state index contributed by atoms with van der Waals surface area (Å²) in [5, 5.41) is 6.68. The Morgan fingerprint density at radius 1 is 0.971 bits per heavy atom. The number of halogens is 3. The number of alkyl halides is 3. The fraction of sp³-hybridized carbons (Fsp3) is 0.240. The van der Waals surface area contributed by atoms with Crippen molar-refractivity contribution in [2.24, 2.45) is 0 Å². The Kier molecular flexibility index (Phi) is 6.29. The molecule has 4 aromatic rings. The predicted octanol–water partition coefficient (Wildman–Crippen LogP) is 5.04. The normalized spacial score (nSPS) is 14.4. The summed E-state index contributed by atoms with van der Waals surface area (Å²) in [6.45, 7) is 2.40. The molecule has 1 aliphatic rings. The number of aromatic nitrogens is 3. The summed E-state index contributed by atoms with van der Waals surface area (Å²) in [7, 11) is 0. The first-order valence-corrected chi connectivity index (χ1v) is 12.0. The predicted molar refractivity (Wildman–Crippen MR) is 128 cm³/mol. The van der Waals surface area contributed by atoms with Gasteiger partial charge in [-0.15, -0.1) is 11.3 Å². The lowest BCUT2D eigenvalue weighted by molar-refractivity contribution is -0.137. The molecular formula is C25H22F3N5OS. The van der Waals surface area contributed by atoms with Gasteiger partial charge in [-0.3, -0.25) is 9.48 Å². The van der Waals surface area contributed by atoms with E-state index >= 15 is 0 Å². The van der Waals surface area contributed by atoms with E-state index in [1.165, 1.54) is 17.4 Å². The molecular weight excluding hydrogens is 475 g/mol. The summed E-state index contributed by atoms with van der Waals surface area (Å²) in [6, 6.07) is 16.2. The fourth-order valence-electron chi connectivity index (χ4n) is 4.07. The van der Waals surface area contributed by atoms with Crippen LogP contribution in [0.1, 0.15) is 21.5 Å². The minimum Gasteiger partial charge on any atom is -0.353 e. The molecule has 0 aliphatic carbocycles. The Balaban J connectivity index is 1.31. The number of anilines is 1. The van der Waals surface area contributed by atoms with Crippen LogP contribution in [0.4, 0.5) is 19.0 Å². The van der Waals surface area contributed by atoms with Crippen molar-refractivity contribution in [3.05, 3.63) is 89.1 Å². The molecule has 5 rings (SSSR count). The van der Waals surface area contributed by atoms with E-state index in [1.807, 2.05) is 52.7 Å². The SMILES string of the molecule is O=C(c1cn(Cc2ccccc2)nc1-c1cccs1)N1CCN(c2ccc(C(F)(F)F)cn2)CC1. The van der Waals surface area contributed by atoms with E-state index in [0.717, 1.165) is 22.7 Å². The molecule has 0 atom stereocenters. The third-order valence-corrected chi connectivity index (χ3v) is 6.78. The third kappa shape index (κ3) is 5.07. The maximum Gasteiger partial charge on any atom is 0.417 e. The molecule has 1 aliphatic heterocycles. The van der Waals surface area contributed by atoms with Crippen molar-refractivity contribution in [3.8, 4) is 10.6 Å². The van der Waals surface area contributed by atoms with Crippen LogP contribution in [0, 0.1) is 0 Å². The minimum absolute atomic E-state index is 0.104. The first kappa shape index (κ1) is 23.1. The van der Waals surface area contributed by atoms with Crippen LogP contribution in [0.5, 0.6) is 0 Å². The standard InChI is InChI=1S/C25H22F3N5OS/c26-25(27,28)19-8-9-22(29-15-19)31-10-12-32(13-11-31)24(34)20-17-33(16-18-5-2-1-3-6-18)30-23(20)21-7-4-14-35-21/h1-9,14-15,17H,10-13,16H2. The average Bonchev–Trinajstić information content (AvgIpc) is 3.54. The van der Waals surface area contributed by atoms with Crippen molar-refractivity contribution in [2.45, 2.75) is 12.7 Å². The zero-order chi connectivity index (χ0) is 24.4. The van der Waals surface area contributed by atoms with E-state index in [2.05, 4.69) is 4.98 Å². The largest absolute Gasteiger partial charge is 0.417 e. The zero-order valence-corrected chi connectivity index (χ0v) is 19.5. The molecule has 0 spiro atoms. The molecule has 1 fully saturated rings. The molecule has 35 heavy (non-hydrogen) atoms. The molecule has 0 bridgehead atoms. The summed E-state index contributed by atoms with van der Waals surface area (Å²) in [5.41, 5.74) is 1.52. The molecule has 1 saturated heterocycles. The van der Waals surface area contributed by atoms with Crippen LogP contribution in [0.25, 0.3) is 10.6 Å². The van der Waals surface area contributed by atoms with E-state index in [-0.39, 0.29) is 5.91 Å². The Hall–Kier alpha value is -3.66. The van der Waals surface area contributed by atoms with Gasteiger partial charge < -0.3 is 9.80 Å². The second-order valence-corrected chi connectivity index (χ2v) is 9.18. The molecule has 10 heteroatoms. The summed E-state index contributed by atoms with van der Waals surface area (Å²) in [6.07, 6.45) is -1.77. The molecule has 6 nitrogen and oxygen atoms in total. The van der Waals surface area contributed by atoms with Crippen LogP contribution in [0.2, 0.25) is 0 Å². The Morgan fingerprint density at radius 2 is 1.74 bits per heavy atom. The molecule has 0 radical (unpaired) electrons. The summed E-state index contributed by atoms with van der Waals surface area (Å²) >= 11 is 1.53. The lowest BCUT2D eigenvalue weighted by atomic mass is 10.1. The topological polar surface area (TPSA) is 54.3 Å². The lowest BCUT2D eigenvalue weighted by Crippen LogP contribution is -2.49. The van der Waals surface area contributed by atoms with Crippen molar-refractivity contribution in [1.29, 1.82) is 0 Å².